The van der Waals surface area contributed by atoms with E-state index in [4.69, 9.17) is 11.6 Å². The van der Waals surface area contributed by atoms with Gasteiger partial charge in [-0.25, -0.2) is 0 Å². The largest absolute Gasteiger partial charge is 0.300 e. The van der Waals surface area contributed by atoms with Crippen LogP contribution in [0.1, 0.15) is 30.1 Å². The van der Waals surface area contributed by atoms with Crippen LogP contribution in [0.15, 0.2) is 24.3 Å². The van der Waals surface area contributed by atoms with Gasteiger partial charge in [0.05, 0.1) is 12.8 Å². The Bertz CT molecular complexity index is 420. The first-order valence-corrected chi connectivity index (χ1v) is 5.16. The van der Waals surface area contributed by atoms with Crippen molar-refractivity contribution in [3.05, 3.63) is 34.9 Å². The van der Waals surface area contributed by atoms with Gasteiger partial charge in [-0.2, -0.15) is 0 Å². The zero-order chi connectivity index (χ0) is 12.1. The number of carbonyl (C=O) groups excluding carboxylic acids is 3. The Morgan fingerprint density at radius 2 is 1.62 bits per heavy atom. The van der Waals surface area contributed by atoms with Crippen molar-refractivity contribution < 1.29 is 14.4 Å². The molecule has 0 radical (unpaired) electrons. The van der Waals surface area contributed by atoms with Crippen LogP contribution in [0.4, 0.5) is 0 Å². The Morgan fingerprint density at radius 1 is 1.06 bits per heavy atom. The summed E-state index contributed by atoms with van der Waals surface area (Å²) >= 11 is 5.67. The number of carbonyl (C=O) groups is 3. The Labute approximate surface area is 98.4 Å². The van der Waals surface area contributed by atoms with E-state index in [9.17, 15) is 14.4 Å². The van der Waals surface area contributed by atoms with Crippen molar-refractivity contribution in [1.29, 1.82) is 0 Å². The molecule has 0 bridgehead atoms. The molecule has 0 saturated heterocycles. The van der Waals surface area contributed by atoms with Gasteiger partial charge < -0.3 is 0 Å². The summed E-state index contributed by atoms with van der Waals surface area (Å²) in [5.41, 5.74) is 0.432. The van der Waals surface area contributed by atoms with Gasteiger partial charge in [0.1, 0.15) is 11.6 Å². The van der Waals surface area contributed by atoms with E-state index in [1.165, 1.54) is 6.92 Å². The third kappa shape index (κ3) is 3.95. The van der Waals surface area contributed by atoms with Gasteiger partial charge in [0, 0.05) is 10.6 Å². The average molecular weight is 239 g/mol. The maximum atomic E-state index is 11.6. The minimum Gasteiger partial charge on any atom is -0.300 e. The number of hydrogen-bond acceptors (Lipinski definition) is 3. The molecule has 0 aliphatic rings. The molecule has 0 N–H and O–H groups in total. The standard InChI is InChI=1S/C12H11ClO3/c1-8(14)6-11(15)7-12(16)9-2-4-10(13)5-3-9/h2-5H,6-7H2,1H3. The Kier molecular flexibility index (Phi) is 4.38. The predicted octanol–water partition coefficient (Wildman–Crippen LogP) is 2.46. The molecule has 0 fully saturated rings. The summed E-state index contributed by atoms with van der Waals surface area (Å²) in [6, 6.07) is 6.30. The van der Waals surface area contributed by atoms with Crippen LogP contribution in [0.3, 0.4) is 0 Å². The highest BCUT2D eigenvalue weighted by Crippen LogP contribution is 2.11. The van der Waals surface area contributed by atoms with Crippen molar-refractivity contribution in [2.75, 3.05) is 0 Å². The van der Waals surface area contributed by atoms with Gasteiger partial charge in [0.2, 0.25) is 0 Å². The molecule has 16 heavy (non-hydrogen) atoms. The van der Waals surface area contributed by atoms with Crippen molar-refractivity contribution >= 4 is 29.0 Å². The maximum absolute atomic E-state index is 11.6. The molecule has 84 valence electrons. The van der Waals surface area contributed by atoms with Gasteiger partial charge in [-0.3, -0.25) is 14.4 Å². The van der Waals surface area contributed by atoms with E-state index in [1.807, 2.05) is 0 Å². The summed E-state index contributed by atoms with van der Waals surface area (Å²) in [6.45, 7) is 1.32. The fourth-order valence-corrected chi connectivity index (χ4v) is 1.38. The van der Waals surface area contributed by atoms with E-state index in [0.717, 1.165) is 0 Å². The molecule has 0 amide bonds. The molecular weight excluding hydrogens is 228 g/mol. The second-order valence-electron chi connectivity index (χ2n) is 3.52. The van der Waals surface area contributed by atoms with E-state index in [2.05, 4.69) is 0 Å². The van der Waals surface area contributed by atoms with Crippen LogP contribution in [0.25, 0.3) is 0 Å². The van der Waals surface area contributed by atoms with Crippen LogP contribution in [0.5, 0.6) is 0 Å². The maximum Gasteiger partial charge on any atom is 0.170 e. The first-order valence-electron chi connectivity index (χ1n) is 4.79. The summed E-state index contributed by atoms with van der Waals surface area (Å²) in [5, 5.41) is 0.534. The van der Waals surface area contributed by atoms with Crippen LogP contribution in [-0.2, 0) is 9.59 Å². The van der Waals surface area contributed by atoms with Crippen molar-refractivity contribution in [2.45, 2.75) is 19.8 Å². The quantitative estimate of drug-likeness (QED) is 0.585. The summed E-state index contributed by atoms with van der Waals surface area (Å²) in [6.07, 6.45) is -0.416. The molecule has 0 spiro atoms. The van der Waals surface area contributed by atoms with Gasteiger partial charge in [-0.05, 0) is 31.2 Å². The second-order valence-corrected chi connectivity index (χ2v) is 3.96. The van der Waals surface area contributed by atoms with E-state index in [0.29, 0.717) is 10.6 Å². The fraction of sp³-hybridized carbons (Fsp3) is 0.250. The first-order chi connectivity index (χ1) is 7.49. The molecule has 0 atom stereocenters. The average Bonchev–Trinajstić information content (AvgIpc) is 2.16. The minimum atomic E-state index is -0.354. The van der Waals surface area contributed by atoms with Crippen molar-refractivity contribution in [2.24, 2.45) is 0 Å². The van der Waals surface area contributed by atoms with Crippen molar-refractivity contribution in [1.82, 2.24) is 0 Å². The van der Waals surface area contributed by atoms with Crippen molar-refractivity contribution in [3.63, 3.8) is 0 Å². The third-order valence-electron chi connectivity index (χ3n) is 1.97. The molecule has 0 aliphatic heterocycles. The lowest BCUT2D eigenvalue weighted by atomic mass is 10.0. The number of rotatable bonds is 5. The zero-order valence-corrected chi connectivity index (χ0v) is 9.58. The van der Waals surface area contributed by atoms with Gasteiger partial charge in [-0.1, -0.05) is 11.6 Å². The topological polar surface area (TPSA) is 51.2 Å². The van der Waals surface area contributed by atoms with Crippen LogP contribution in [-0.4, -0.2) is 17.3 Å². The van der Waals surface area contributed by atoms with Crippen LogP contribution in [0.2, 0.25) is 5.02 Å². The normalized spacial score (nSPS) is 9.88. The van der Waals surface area contributed by atoms with E-state index in [-0.39, 0.29) is 30.2 Å². The smallest absolute Gasteiger partial charge is 0.170 e. The fourth-order valence-electron chi connectivity index (χ4n) is 1.26. The third-order valence-corrected chi connectivity index (χ3v) is 2.22. The number of hydrogen-bond donors (Lipinski definition) is 0. The summed E-state index contributed by atoms with van der Waals surface area (Å²) in [7, 11) is 0. The van der Waals surface area contributed by atoms with Crippen molar-refractivity contribution in [3.8, 4) is 0 Å². The number of halogens is 1. The highest BCUT2D eigenvalue weighted by Gasteiger charge is 2.13. The lowest BCUT2D eigenvalue weighted by Crippen LogP contribution is -2.11. The van der Waals surface area contributed by atoms with E-state index >= 15 is 0 Å². The molecule has 1 aromatic carbocycles. The lowest BCUT2D eigenvalue weighted by molar-refractivity contribution is -0.125. The lowest BCUT2D eigenvalue weighted by Gasteiger charge is -1.99. The molecule has 1 aromatic rings. The summed E-state index contributed by atoms with van der Waals surface area (Å²) in [4.78, 5) is 33.5. The van der Waals surface area contributed by atoms with Gasteiger partial charge in [0.15, 0.2) is 5.78 Å². The Hall–Kier alpha value is -1.48. The first kappa shape index (κ1) is 12.6. The molecule has 4 heteroatoms. The number of Topliss-reactive ketones (excluding diaryl/α,β-unsaturated/α-hetero) is 3. The molecule has 0 heterocycles. The molecule has 1 rings (SSSR count). The highest BCUT2D eigenvalue weighted by molar-refractivity contribution is 6.30. The molecule has 0 saturated carbocycles. The Balaban J connectivity index is 2.62. The molecule has 3 nitrogen and oxygen atoms in total. The summed E-state index contributed by atoms with van der Waals surface area (Å²) < 4.78 is 0. The molecular formula is C12H11ClO3. The van der Waals surface area contributed by atoms with Crippen LogP contribution >= 0.6 is 11.6 Å². The predicted molar refractivity (Wildman–Crippen MR) is 60.7 cm³/mol. The van der Waals surface area contributed by atoms with E-state index in [1.54, 1.807) is 24.3 Å². The van der Waals surface area contributed by atoms with Crippen LogP contribution < -0.4 is 0 Å². The molecule has 0 aliphatic carbocycles. The SMILES string of the molecule is CC(=O)CC(=O)CC(=O)c1ccc(Cl)cc1. The van der Waals surface area contributed by atoms with E-state index < -0.39 is 0 Å². The van der Waals surface area contributed by atoms with Gasteiger partial charge in [-0.15, -0.1) is 0 Å². The second kappa shape index (κ2) is 5.56. The minimum absolute atomic E-state index is 0.181. The highest BCUT2D eigenvalue weighted by atomic mass is 35.5. The molecule has 0 aromatic heterocycles. The zero-order valence-electron chi connectivity index (χ0n) is 8.83. The monoisotopic (exact) mass is 238 g/mol. The number of benzene rings is 1. The Morgan fingerprint density at radius 3 is 2.12 bits per heavy atom. The molecule has 0 unspecified atom stereocenters. The summed E-state index contributed by atoms with van der Waals surface area (Å²) in [5.74, 6) is -0.871. The number of ketones is 3. The van der Waals surface area contributed by atoms with Gasteiger partial charge >= 0.3 is 0 Å². The van der Waals surface area contributed by atoms with Crippen LogP contribution in [0, 0.1) is 0 Å². The van der Waals surface area contributed by atoms with Gasteiger partial charge in [0.25, 0.3) is 0 Å².